The minimum atomic E-state index is -0.765. The summed E-state index contributed by atoms with van der Waals surface area (Å²) in [5.41, 5.74) is 1.41. The van der Waals surface area contributed by atoms with Crippen LogP contribution in [0.4, 0.5) is 17.1 Å². The summed E-state index contributed by atoms with van der Waals surface area (Å²) >= 11 is 0. The highest BCUT2D eigenvalue weighted by atomic mass is 16.6. The molecule has 0 radical (unpaired) electrons. The molecule has 1 aliphatic heterocycles. The monoisotopic (exact) mass is 561 g/mol. The van der Waals surface area contributed by atoms with Gasteiger partial charge in [0.2, 0.25) is 5.91 Å². The minimum absolute atomic E-state index is 0.0408. The van der Waals surface area contributed by atoms with Gasteiger partial charge in [-0.3, -0.25) is 24.5 Å². The Kier molecular flexibility index (Phi) is 8.56. The first-order valence-corrected chi connectivity index (χ1v) is 12.9. The van der Waals surface area contributed by atoms with E-state index in [1.54, 1.807) is 24.3 Å². The third kappa shape index (κ3) is 7.18. The summed E-state index contributed by atoms with van der Waals surface area (Å²) in [6.45, 7) is 5.85. The molecule has 1 N–H and O–H groups in total. The molecule has 1 atom stereocenters. The smallest absolute Gasteiger partial charge is 0.311 e. The first kappa shape index (κ1) is 29.1. The average molecular weight is 562 g/mol. The Morgan fingerprint density at radius 2 is 1.61 bits per heavy atom. The first-order valence-electron chi connectivity index (χ1n) is 12.9. The molecule has 1 heterocycles. The zero-order valence-corrected chi connectivity index (χ0v) is 23.2. The van der Waals surface area contributed by atoms with Crippen LogP contribution in [0.5, 0.6) is 17.2 Å². The van der Waals surface area contributed by atoms with E-state index >= 15 is 0 Å². The number of nitrogens with one attached hydrogen (secondary N) is 1. The van der Waals surface area contributed by atoms with Gasteiger partial charge in [-0.15, -0.1) is 0 Å². The fraction of sp³-hybridized carbons (Fsp3) is 0.300. The lowest BCUT2D eigenvalue weighted by Gasteiger charge is -2.19. The number of methoxy groups -OCH3 is 1. The number of rotatable bonds is 9. The van der Waals surface area contributed by atoms with E-state index in [0.717, 1.165) is 0 Å². The van der Waals surface area contributed by atoms with Crippen LogP contribution in [0.3, 0.4) is 0 Å². The summed E-state index contributed by atoms with van der Waals surface area (Å²) in [4.78, 5) is 49.7. The molecule has 214 valence electrons. The third-order valence-electron chi connectivity index (χ3n) is 6.58. The second kappa shape index (κ2) is 12.1. The van der Waals surface area contributed by atoms with Crippen LogP contribution in [0, 0.1) is 16.0 Å². The Morgan fingerprint density at radius 3 is 2.20 bits per heavy atom. The lowest BCUT2D eigenvalue weighted by atomic mass is 9.87. The van der Waals surface area contributed by atoms with Crippen LogP contribution in [-0.2, 0) is 24.5 Å². The summed E-state index contributed by atoms with van der Waals surface area (Å²) in [7, 11) is 1.38. The lowest BCUT2D eigenvalue weighted by molar-refractivity contribution is -0.383. The fourth-order valence-corrected chi connectivity index (χ4v) is 4.31. The van der Waals surface area contributed by atoms with Gasteiger partial charge < -0.3 is 24.4 Å². The van der Waals surface area contributed by atoms with Crippen LogP contribution in [0.2, 0.25) is 0 Å². The van der Waals surface area contributed by atoms with E-state index in [1.807, 2.05) is 24.3 Å². The van der Waals surface area contributed by atoms with Crippen molar-refractivity contribution >= 4 is 34.8 Å². The van der Waals surface area contributed by atoms with E-state index in [1.165, 1.54) is 35.8 Å². The fourth-order valence-electron chi connectivity index (χ4n) is 4.31. The molecule has 0 aliphatic carbocycles. The maximum absolute atomic E-state index is 12.7. The molecule has 41 heavy (non-hydrogen) atoms. The van der Waals surface area contributed by atoms with Crippen LogP contribution in [0.25, 0.3) is 0 Å². The second-order valence-electron chi connectivity index (χ2n) is 10.6. The lowest BCUT2D eigenvalue weighted by Crippen LogP contribution is -2.28. The van der Waals surface area contributed by atoms with E-state index in [2.05, 4.69) is 26.1 Å². The van der Waals surface area contributed by atoms with Crippen LogP contribution < -0.4 is 19.7 Å². The molecular weight excluding hydrogens is 530 g/mol. The normalized spacial score (nSPS) is 14.9. The molecule has 0 unspecified atom stereocenters. The van der Waals surface area contributed by atoms with E-state index in [-0.39, 0.29) is 35.7 Å². The van der Waals surface area contributed by atoms with Gasteiger partial charge in [0, 0.05) is 30.8 Å². The Labute approximate surface area is 237 Å². The van der Waals surface area contributed by atoms with Crippen molar-refractivity contribution in [1.82, 2.24) is 0 Å². The predicted molar refractivity (Wildman–Crippen MR) is 151 cm³/mol. The van der Waals surface area contributed by atoms with Crippen molar-refractivity contribution in [3.63, 3.8) is 0 Å². The number of esters is 1. The molecule has 11 heteroatoms. The van der Waals surface area contributed by atoms with Crippen molar-refractivity contribution in [1.29, 1.82) is 0 Å². The van der Waals surface area contributed by atoms with Crippen molar-refractivity contribution in [3.05, 3.63) is 82.4 Å². The molecule has 0 spiro atoms. The highest BCUT2D eigenvalue weighted by molar-refractivity contribution is 6.00. The van der Waals surface area contributed by atoms with E-state index in [4.69, 9.17) is 14.2 Å². The Balaban J connectivity index is 1.31. The van der Waals surface area contributed by atoms with Gasteiger partial charge in [0.05, 0.1) is 18.0 Å². The summed E-state index contributed by atoms with van der Waals surface area (Å²) in [6, 6.07) is 18.7. The van der Waals surface area contributed by atoms with Gasteiger partial charge >= 0.3 is 5.97 Å². The van der Waals surface area contributed by atoms with E-state index in [9.17, 15) is 24.5 Å². The number of benzene rings is 3. The number of amides is 2. The summed E-state index contributed by atoms with van der Waals surface area (Å²) in [5, 5.41) is 13.6. The number of ether oxygens (including phenoxy) is 3. The number of nitro benzene ring substituents is 1. The molecule has 1 aliphatic rings. The average Bonchev–Trinajstić information content (AvgIpc) is 3.33. The summed E-state index contributed by atoms with van der Waals surface area (Å²) < 4.78 is 16.1. The van der Waals surface area contributed by atoms with Crippen molar-refractivity contribution in [2.75, 3.05) is 30.5 Å². The molecule has 11 nitrogen and oxygen atoms in total. The predicted octanol–water partition coefficient (Wildman–Crippen LogP) is 5.23. The number of carbonyl (C=O) groups is 3. The minimum Gasteiger partial charge on any atom is -0.497 e. The number of nitro groups is 1. The van der Waals surface area contributed by atoms with Crippen molar-refractivity contribution < 1.29 is 33.5 Å². The molecule has 1 saturated heterocycles. The van der Waals surface area contributed by atoms with Crippen LogP contribution in [0.15, 0.2) is 66.7 Å². The number of hydrogen-bond donors (Lipinski definition) is 1. The van der Waals surface area contributed by atoms with Crippen molar-refractivity contribution in [3.8, 4) is 17.2 Å². The van der Waals surface area contributed by atoms with Gasteiger partial charge in [-0.2, -0.15) is 0 Å². The largest absolute Gasteiger partial charge is 0.497 e. The SMILES string of the molecule is COc1ccc([N+](=O)[O-])c(NC(=O)COC(=O)[C@@H]2CC(=O)N(c3ccc(Oc4ccc(C(C)(C)C)cc4)cc3)C2)c1. The standard InChI is InChI=1S/C30H31N3O8/c1-30(2,3)20-5-9-22(10-6-20)41-23-11-7-21(8-12-23)32-17-19(15-28(32)35)29(36)40-18-27(34)31-25-16-24(39-4)13-14-26(25)33(37)38/h5-14,16,19H,15,17-18H2,1-4H3,(H,31,34)/t19-/m1/s1. The topological polar surface area (TPSA) is 137 Å². The second-order valence-corrected chi connectivity index (χ2v) is 10.6. The van der Waals surface area contributed by atoms with Gasteiger partial charge in [0.15, 0.2) is 6.61 Å². The maximum Gasteiger partial charge on any atom is 0.311 e. The molecular formula is C30H31N3O8. The van der Waals surface area contributed by atoms with Gasteiger partial charge in [0.1, 0.15) is 22.9 Å². The molecule has 2 amide bonds. The van der Waals surface area contributed by atoms with Crippen molar-refractivity contribution in [2.45, 2.75) is 32.6 Å². The van der Waals surface area contributed by atoms with Gasteiger partial charge in [-0.05, 0) is 53.4 Å². The van der Waals surface area contributed by atoms with Crippen LogP contribution >= 0.6 is 0 Å². The van der Waals surface area contributed by atoms with Crippen LogP contribution in [-0.4, -0.2) is 43.0 Å². The quantitative estimate of drug-likeness (QED) is 0.213. The zero-order chi connectivity index (χ0) is 29.7. The van der Waals surface area contributed by atoms with Gasteiger partial charge in [-0.25, -0.2) is 0 Å². The van der Waals surface area contributed by atoms with Crippen LogP contribution in [0.1, 0.15) is 32.8 Å². The molecule has 3 aromatic carbocycles. The summed E-state index contributed by atoms with van der Waals surface area (Å²) in [5.74, 6) is -0.900. The molecule has 1 fully saturated rings. The third-order valence-corrected chi connectivity index (χ3v) is 6.58. The van der Waals surface area contributed by atoms with Crippen molar-refractivity contribution in [2.24, 2.45) is 5.92 Å². The summed E-state index contributed by atoms with van der Waals surface area (Å²) in [6.07, 6.45) is -0.0693. The number of nitrogens with zero attached hydrogens (tertiary/aromatic N) is 2. The van der Waals surface area contributed by atoms with Gasteiger partial charge in [0.25, 0.3) is 11.6 Å². The van der Waals surface area contributed by atoms with E-state index in [0.29, 0.717) is 22.9 Å². The van der Waals surface area contributed by atoms with Gasteiger partial charge in [-0.1, -0.05) is 32.9 Å². The molecule has 0 aromatic heterocycles. The number of hydrogen-bond acceptors (Lipinski definition) is 8. The Morgan fingerprint density at radius 1 is 1.00 bits per heavy atom. The molecule has 0 saturated carbocycles. The Bertz CT molecular complexity index is 1450. The van der Waals surface area contributed by atoms with E-state index < -0.39 is 29.3 Å². The highest BCUT2D eigenvalue weighted by Gasteiger charge is 2.36. The Hall–Kier alpha value is -4.93. The number of anilines is 2. The maximum atomic E-state index is 12.7. The molecule has 3 aromatic rings. The number of carbonyl (C=O) groups excluding carboxylic acids is 3. The highest BCUT2D eigenvalue weighted by Crippen LogP contribution is 2.31. The molecule has 4 rings (SSSR count). The molecule has 0 bridgehead atoms. The zero-order valence-electron chi connectivity index (χ0n) is 23.2. The first-order chi connectivity index (χ1) is 19.4.